The molecule has 9 heteroatoms. The van der Waals surface area contributed by atoms with Crippen molar-refractivity contribution in [3.63, 3.8) is 0 Å². The third-order valence-corrected chi connectivity index (χ3v) is 4.51. The molecule has 0 radical (unpaired) electrons. The zero-order chi connectivity index (χ0) is 16.8. The first kappa shape index (κ1) is 17.6. The van der Waals surface area contributed by atoms with Crippen molar-refractivity contribution in [2.45, 2.75) is 38.1 Å². The van der Waals surface area contributed by atoms with Crippen LogP contribution in [0.3, 0.4) is 0 Å². The van der Waals surface area contributed by atoms with Gasteiger partial charge in [0.05, 0.1) is 10.9 Å². The van der Waals surface area contributed by atoms with E-state index in [1.165, 1.54) is 0 Å². The summed E-state index contributed by atoms with van der Waals surface area (Å²) < 4.78 is 7.09. The van der Waals surface area contributed by atoms with Crippen LogP contribution in [0.4, 0.5) is 0 Å². The number of pyridine rings is 1. The number of aromatic amines is 1. The van der Waals surface area contributed by atoms with Gasteiger partial charge in [-0.25, -0.2) is 4.98 Å². The quantitative estimate of drug-likeness (QED) is 0.715. The molecule has 0 aromatic carbocycles. The van der Waals surface area contributed by atoms with Gasteiger partial charge in [-0.1, -0.05) is 5.16 Å². The van der Waals surface area contributed by atoms with Crippen LogP contribution in [0.25, 0.3) is 22.5 Å². The molecule has 0 bridgehead atoms. The molecule has 25 heavy (non-hydrogen) atoms. The highest BCUT2D eigenvalue weighted by Gasteiger charge is 2.28. The maximum Gasteiger partial charge on any atom is 0.274 e. The zero-order valence-electron chi connectivity index (χ0n) is 14.4. The van der Waals surface area contributed by atoms with Crippen LogP contribution in [-0.4, -0.2) is 38.0 Å². The average Bonchev–Trinajstić information content (AvgIpc) is 3.26. The third-order valence-electron chi connectivity index (χ3n) is 4.51. The van der Waals surface area contributed by atoms with E-state index in [0.717, 1.165) is 18.5 Å². The highest BCUT2D eigenvalue weighted by molar-refractivity contribution is 5.90. The van der Waals surface area contributed by atoms with E-state index in [1.807, 2.05) is 20.0 Å². The van der Waals surface area contributed by atoms with Crippen LogP contribution in [0.2, 0.25) is 0 Å². The Bertz CT molecular complexity index is 955. The van der Waals surface area contributed by atoms with Crippen molar-refractivity contribution >= 4 is 23.4 Å². The number of rotatable bonds is 5. The molecule has 1 unspecified atom stereocenters. The number of nitrogens with zero attached hydrogens (tertiary/aromatic N) is 4. The molecule has 3 aromatic rings. The predicted molar refractivity (Wildman–Crippen MR) is 96.1 cm³/mol. The Morgan fingerprint density at radius 2 is 2.20 bits per heavy atom. The Balaban J connectivity index is 0.00000182. The molecule has 1 aliphatic rings. The van der Waals surface area contributed by atoms with E-state index < -0.39 is 0 Å². The molecule has 3 heterocycles. The second-order valence-electron chi connectivity index (χ2n) is 6.48. The van der Waals surface area contributed by atoms with Crippen LogP contribution in [-0.2, 0) is 13.5 Å². The summed E-state index contributed by atoms with van der Waals surface area (Å²) >= 11 is 0. The molecule has 0 spiro atoms. The topological polar surface area (TPSA) is 102 Å². The molecule has 1 fully saturated rings. The van der Waals surface area contributed by atoms with Crippen LogP contribution in [0.5, 0.6) is 0 Å². The van der Waals surface area contributed by atoms with Gasteiger partial charge in [0.15, 0.2) is 11.5 Å². The molecule has 1 atom stereocenters. The normalized spacial score (nSPS) is 15.3. The zero-order valence-corrected chi connectivity index (χ0v) is 15.2. The standard InChI is InChI=1S/C16H20N6O2.ClH/c1-8(17-2)6-12-19-16(24-21-12)10-7-11(9-4-5-9)18-14-13(10)15(23)20-22(14)3;/h7-9,17H,4-6H2,1-3H3,(H,20,23);1H. The summed E-state index contributed by atoms with van der Waals surface area (Å²) in [6.45, 7) is 2.05. The number of hydrogen-bond acceptors (Lipinski definition) is 6. The number of aryl methyl sites for hydroxylation is 1. The number of H-pyrrole nitrogens is 1. The SMILES string of the molecule is CNC(C)Cc1noc(-c2cc(C3CC3)nc3c2c(=O)[nH]n3C)n1.Cl. The summed E-state index contributed by atoms with van der Waals surface area (Å²) in [6.07, 6.45) is 2.92. The maximum absolute atomic E-state index is 12.3. The first-order chi connectivity index (χ1) is 11.6. The smallest absolute Gasteiger partial charge is 0.274 e. The summed E-state index contributed by atoms with van der Waals surface area (Å²) in [5, 5.41) is 10.5. The minimum absolute atomic E-state index is 0. The maximum atomic E-state index is 12.3. The fourth-order valence-corrected chi connectivity index (χ4v) is 2.86. The monoisotopic (exact) mass is 364 g/mol. The number of hydrogen-bond donors (Lipinski definition) is 2. The number of aromatic nitrogens is 5. The molecular weight excluding hydrogens is 344 g/mol. The van der Waals surface area contributed by atoms with Gasteiger partial charge in [-0.05, 0) is 32.9 Å². The molecule has 0 aliphatic heterocycles. The van der Waals surface area contributed by atoms with Crippen molar-refractivity contribution in [2.75, 3.05) is 7.05 Å². The molecule has 1 aliphatic carbocycles. The molecule has 2 N–H and O–H groups in total. The minimum atomic E-state index is -0.194. The number of likely N-dealkylation sites (N-methyl/N-ethyl adjacent to an activating group) is 1. The summed E-state index contributed by atoms with van der Waals surface area (Å²) in [5.74, 6) is 1.46. The lowest BCUT2D eigenvalue weighted by Gasteiger charge is -2.05. The van der Waals surface area contributed by atoms with E-state index in [-0.39, 0.29) is 24.0 Å². The lowest BCUT2D eigenvalue weighted by molar-refractivity contribution is 0.418. The number of fused-ring (bicyclic) bond motifs is 1. The summed E-state index contributed by atoms with van der Waals surface area (Å²) in [6, 6.07) is 2.17. The van der Waals surface area contributed by atoms with Crippen LogP contribution in [0, 0.1) is 0 Å². The van der Waals surface area contributed by atoms with E-state index >= 15 is 0 Å². The van der Waals surface area contributed by atoms with Gasteiger partial charge in [0.1, 0.15) is 0 Å². The van der Waals surface area contributed by atoms with E-state index in [0.29, 0.717) is 40.7 Å². The van der Waals surface area contributed by atoms with Gasteiger partial charge in [0.2, 0.25) is 0 Å². The predicted octanol–water partition coefficient (Wildman–Crippen LogP) is 1.76. The fourth-order valence-electron chi connectivity index (χ4n) is 2.86. The summed E-state index contributed by atoms with van der Waals surface area (Å²) in [7, 11) is 3.68. The molecule has 0 saturated heterocycles. The summed E-state index contributed by atoms with van der Waals surface area (Å²) in [5.41, 5.74) is 2.08. The Morgan fingerprint density at radius 1 is 1.44 bits per heavy atom. The molecule has 0 amide bonds. The van der Waals surface area contributed by atoms with Crippen LogP contribution < -0.4 is 10.9 Å². The van der Waals surface area contributed by atoms with Crippen molar-refractivity contribution in [3.8, 4) is 11.5 Å². The van der Waals surface area contributed by atoms with Crippen LogP contribution in [0.15, 0.2) is 15.4 Å². The van der Waals surface area contributed by atoms with Gasteiger partial charge in [0.25, 0.3) is 11.4 Å². The van der Waals surface area contributed by atoms with E-state index in [9.17, 15) is 4.79 Å². The minimum Gasteiger partial charge on any atom is -0.334 e. The van der Waals surface area contributed by atoms with Gasteiger partial charge < -0.3 is 9.84 Å². The molecule has 8 nitrogen and oxygen atoms in total. The Hall–Kier alpha value is -2.19. The molecular formula is C16H21ClN6O2. The van der Waals surface area contributed by atoms with E-state index in [2.05, 4.69) is 25.5 Å². The third kappa shape index (κ3) is 3.19. The van der Waals surface area contributed by atoms with Gasteiger partial charge in [-0.3, -0.25) is 14.6 Å². The molecule has 134 valence electrons. The number of halogens is 1. The van der Waals surface area contributed by atoms with Crippen molar-refractivity contribution in [1.29, 1.82) is 0 Å². The lowest BCUT2D eigenvalue weighted by Crippen LogP contribution is -2.24. The van der Waals surface area contributed by atoms with Crippen molar-refractivity contribution in [2.24, 2.45) is 7.05 Å². The van der Waals surface area contributed by atoms with Gasteiger partial charge >= 0.3 is 0 Å². The first-order valence-corrected chi connectivity index (χ1v) is 8.16. The van der Waals surface area contributed by atoms with Crippen molar-refractivity contribution in [1.82, 2.24) is 30.2 Å². The van der Waals surface area contributed by atoms with Crippen molar-refractivity contribution in [3.05, 3.63) is 27.9 Å². The average molecular weight is 365 g/mol. The fraction of sp³-hybridized carbons (Fsp3) is 0.500. The van der Waals surface area contributed by atoms with Gasteiger partial charge in [-0.2, -0.15) is 4.98 Å². The second kappa shape index (κ2) is 6.61. The highest BCUT2D eigenvalue weighted by atomic mass is 35.5. The van der Waals surface area contributed by atoms with Crippen molar-refractivity contribution < 1.29 is 4.52 Å². The highest BCUT2D eigenvalue weighted by Crippen LogP contribution is 2.41. The second-order valence-corrected chi connectivity index (χ2v) is 6.48. The lowest BCUT2D eigenvalue weighted by atomic mass is 10.1. The largest absolute Gasteiger partial charge is 0.334 e. The summed E-state index contributed by atoms with van der Waals surface area (Å²) in [4.78, 5) is 21.4. The molecule has 1 saturated carbocycles. The first-order valence-electron chi connectivity index (χ1n) is 8.16. The molecule has 3 aromatic heterocycles. The Labute approximate surface area is 150 Å². The van der Waals surface area contributed by atoms with Crippen LogP contribution >= 0.6 is 12.4 Å². The van der Waals surface area contributed by atoms with Gasteiger partial charge in [0, 0.05) is 31.1 Å². The number of nitrogens with one attached hydrogen (secondary N) is 2. The van der Waals surface area contributed by atoms with E-state index in [4.69, 9.17) is 4.52 Å². The van der Waals surface area contributed by atoms with E-state index in [1.54, 1.807) is 11.7 Å². The van der Waals surface area contributed by atoms with Crippen LogP contribution in [0.1, 0.15) is 37.2 Å². The van der Waals surface area contributed by atoms with Gasteiger partial charge in [-0.15, -0.1) is 12.4 Å². The molecule has 4 rings (SSSR count). The Kier molecular flexibility index (Phi) is 4.66. The Morgan fingerprint density at radius 3 is 2.88 bits per heavy atom.